The molecule has 1 aliphatic rings. The molecule has 0 radical (unpaired) electrons. The van der Waals surface area contributed by atoms with Crippen LogP contribution < -0.4 is 0 Å². The summed E-state index contributed by atoms with van der Waals surface area (Å²) >= 11 is 0. The molecule has 18 heavy (non-hydrogen) atoms. The van der Waals surface area contributed by atoms with E-state index in [0.717, 1.165) is 11.1 Å². The fourth-order valence-electron chi connectivity index (χ4n) is 2.60. The molecule has 1 saturated carbocycles. The fourth-order valence-corrected chi connectivity index (χ4v) is 2.60. The van der Waals surface area contributed by atoms with Crippen LogP contribution in [0.25, 0.3) is 0 Å². The minimum atomic E-state index is -1.19. The highest BCUT2D eigenvalue weighted by molar-refractivity contribution is 6.03. The van der Waals surface area contributed by atoms with Gasteiger partial charge in [-0.05, 0) is 37.2 Å². The highest BCUT2D eigenvalue weighted by Gasteiger charge is 2.35. The minimum Gasteiger partial charge on any atom is -0.382 e. The number of carbonyl (C=O) groups is 1. The van der Waals surface area contributed by atoms with Crippen LogP contribution in [-0.2, 0) is 0 Å². The lowest BCUT2D eigenvalue weighted by Crippen LogP contribution is -2.38. The molecule has 2 heteroatoms. The van der Waals surface area contributed by atoms with E-state index in [-0.39, 0.29) is 5.78 Å². The average Bonchev–Trinajstić information content (AvgIpc) is 2.36. The molecule has 2 nitrogen and oxygen atoms in total. The predicted octanol–water partition coefficient (Wildman–Crippen LogP) is 3.69. The molecule has 0 spiro atoms. The smallest absolute Gasteiger partial charge is 0.194 e. The molecular weight excluding hydrogens is 224 g/mol. The Morgan fingerprint density at radius 1 is 1.28 bits per heavy atom. The lowest BCUT2D eigenvalue weighted by atomic mass is 9.75. The molecule has 0 aromatic heterocycles. The van der Waals surface area contributed by atoms with Crippen LogP contribution in [0.5, 0.6) is 0 Å². The van der Waals surface area contributed by atoms with Crippen molar-refractivity contribution in [3.63, 3.8) is 0 Å². The van der Waals surface area contributed by atoms with Gasteiger partial charge in [0.15, 0.2) is 5.78 Å². The second kappa shape index (κ2) is 5.23. The van der Waals surface area contributed by atoms with Crippen molar-refractivity contribution in [3.05, 3.63) is 35.4 Å². The second-order valence-corrected chi connectivity index (χ2v) is 5.28. The number of benzene rings is 1. The maximum Gasteiger partial charge on any atom is 0.194 e. The van der Waals surface area contributed by atoms with Gasteiger partial charge >= 0.3 is 0 Å². The van der Waals surface area contributed by atoms with E-state index in [1.54, 1.807) is 0 Å². The summed E-state index contributed by atoms with van der Waals surface area (Å²) in [4.78, 5) is 12.5. The molecule has 0 unspecified atom stereocenters. The van der Waals surface area contributed by atoms with Crippen molar-refractivity contribution in [2.24, 2.45) is 0 Å². The summed E-state index contributed by atoms with van der Waals surface area (Å²) in [5.74, 6) is 0.415. The SMILES string of the molecule is CCC(O)(CC)C(=O)c1ccccc1C1CCC1. The molecule has 0 bridgehead atoms. The lowest BCUT2D eigenvalue weighted by Gasteiger charge is -2.30. The topological polar surface area (TPSA) is 37.3 Å². The number of hydrogen-bond acceptors (Lipinski definition) is 2. The van der Waals surface area contributed by atoms with Gasteiger partial charge in [0.2, 0.25) is 0 Å². The number of aliphatic hydroxyl groups is 1. The first-order valence-electron chi connectivity index (χ1n) is 6.98. The number of rotatable bonds is 5. The van der Waals surface area contributed by atoms with Gasteiger partial charge in [-0.3, -0.25) is 4.79 Å². The Morgan fingerprint density at radius 2 is 1.89 bits per heavy atom. The Labute approximate surface area is 109 Å². The molecule has 0 heterocycles. The van der Waals surface area contributed by atoms with Crippen LogP contribution in [0.4, 0.5) is 0 Å². The van der Waals surface area contributed by atoms with Crippen LogP contribution in [0.2, 0.25) is 0 Å². The van der Waals surface area contributed by atoms with Gasteiger partial charge in [0.05, 0.1) is 0 Å². The van der Waals surface area contributed by atoms with Crippen LogP contribution in [0.1, 0.15) is 67.8 Å². The number of Topliss-reactive ketones (excluding diaryl/α,β-unsaturated/α-hetero) is 1. The van der Waals surface area contributed by atoms with Gasteiger partial charge in [-0.25, -0.2) is 0 Å². The first-order chi connectivity index (χ1) is 8.62. The Balaban J connectivity index is 2.35. The van der Waals surface area contributed by atoms with E-state index < -0.39 is 5.60 Å². The first kappa shape index (κ1) is 13.3. The predicted molar refractivity (Wildman–Crippen MR) is 72.9 cm³/mol. The van der Waals surface area contributed by atoms with Gasteiger partial charge < -0.3 is 5.11 Å². The molecule has 0 atom stereocenters. The third kappa shape index (κ3) is 2.22. The fraction of sp³-hybridized carbons (Fsp3) is 0.562. The van der Waals surface area contributed by atoms with E-state index in [4.69, 9.17) is 0 Å². The number of hydrogen-bond donors (Lipinski definition) is 1. The molecule has 2 rings (SSSR count). The van der Waals surface area contributed by atoms with E-state index in [1.165, 1.54) is 19.3 Å². The van der Waals surface area contributed by atoms with E-state index in [0.29, 0.717) is 18.8 Å². The van der Waals surface area contributed by atoms with E-state index in [9.17, 15) is 9.90 Å². The highest BCUT2D eigenvalue weighted by atomic mass is 16.3. The maximum atomic E-state index is 12.5. The van der Waals surface area contributed by atoms with Crippen molar-refractivity contribution >= 4 is 5.78 Å². The van der Waals surface area contributed by atoms with Gasteiger partial charge in [0.1, 0.15) is 5.60 Å². The Morgan fingerprint density at radius 3 is 2.39 bits per heavy atom. The van der Waals surface area contributed by atoms with Crippen molar-refractivity contribution in [2.45, 2.75) is 57.5 Å². The lowest BCUT2D eigenvalue weighted by molar-refractivity contribution is 0.0276. The minimum absolute atomic E-state index is 0.102. The summed E-state index contributed by atoms with van der Waals surface area (Å²) < 4.78 is 0. The third-order valence-electron chi connectivity index (χ3n) is 4.34. The van der Waals surface area contributed by atoms with Crippen LogP contribution in [-0.4, -0.2) is 16.5 Å². The molecule has 0 saturated heterocycles. The quantitative estimate of drug-likeness (QED) is 0.804. The summed E-state index contributed by atoms with van der Waals surface area (Å²) in [5.41, 5.74) is 0.669. The van der Waals surface area contributed by atoms with E-state index in [2.05, 4.69) is 0 Å². The van der Waals surface area contributed by atoms with Gasteiger partial charge in [0, 0.05) is 5.56 Å². The van der Waals surface area contributed by atoms with Gasteiger partial charge in [-0.2, -0.15) is 0 Å². The molecule has 1 aromatic carbocycles. The monoisotopic (exact) mass is 246 g/mol. The van der Waals surface area contributed by atoms with Gasteiger partial charge in [0.25, 0.3) is 0 Å². The zero-order chi connectivity index (χ0) is 13.2. The molecule has 1 aliphatic carbocycles. The zero-order valence-corrected chi connectivity index (χ0v) is 11.3. The summed E-state index contributed by atoms with van der Waals surface area (Å²) in [5, 5.41) is 10.4. The van der Waals surface area contributed by atoms with Crippen molar-refractivity contribution in [1.82, 2.24) is 0 Å². The molecule has 98 valence electrons. The van der Waals surface area contributed by atoms with Crippen LogP contribution in [0.15, 0.2) is 24.3 Å². The molecule has 1 aromatic rings. The van der Waals surface area contributed by atoms with Crippen molar-refractivity contribution in [2.75, 3.05) is 0 Å². The van der Waals surface area contributed by atoms with Crippen molar-refractivity contribution in [3.8, 4) is 0 Å². The number of carbonyl (C=O) groups excluding carboxylic acids is 1. The summed E-state index contributed by atoms with van der Waals surface area (Å²) in [6, 6.07) is 7.79. The average molecular weight is 246 g/mol. The molecule has 0 amide bonds. The van der Waals surface area contributed by atoms with Crippen LogP contribution >= 0.6 is 0 Å². The largest absolute Gasteiger partial charge is 0.382 e. The Bertz CT molecular complexity index is 428. The first-order valence-corrected chi connectivity index (χ1v) is 6.98. The van der Waals surface area contributed by atoms with Crippen molar-refractivity contribution in [1.29, 1.82) is 0 Å². The van der Waals surface area contributed by atoms with E-state index in [1.807, 2.05) is 38.1 Å². The third-order valence-corrected chi connectivity index (χ3v) is 4.34. The van der Waals surface area contributed by atoms with E-state index >= 15 is 0 Å². The molecule has 1 N–H and O–H groups in total. The Kier molecular flexibility index (Phi) is 3.86. The number of ketones is 1. The van der Waals surface area contributed by atoms with Crippen molar-refractivity contribution < 1.29 is 9.90 Å². The normalized spacial score (nSPS) is 16.4. The maximum absolute atomic E-state index is 12.5. The summed E-state index contributed by atoms with van der Waals surface area (Å²) in [6.45, 7) is 3.74. The highest BCUT2D eigenvalue weighted by Crippen LogP contribution is 2.39. The summed E-state index contributed by atoms with van der Waals surface area (Å²) in [7, 11) is 0. The zero-order valence-electron chi connectivity index (χ0n) is 11.3. The Hall–Kier alpha value is -1.15. The van der Waals surface area contributed by atoms with Gasteiger partial charge in [-0.1, -0.05) is 44.5 Å². The summed E-state index contributed by atoms with van der Waals surface area (Å²) in [6.07, 6.45) is 4.53. The van der Waals surface area contributed by atoms with Crippen LogP contribution in [0.3, 0.4) is 0 Å². The van der Waals surface area contributed by atoms with Gasteiger partial charge in [-0.15, -0.1) is 0 Å². The van der Waals surface area contributed by atoms with Crippen LogP contribution in [0, 0.1) is 0 Å². The second-order valence-electron chi connectivity index (χ2n) is 5.28. The molecule has 0 aliphatic heterocycles. The standard InChI is InChI=1S/C16H22O2/c1-3-16(18,4-2)15(17)14-11-6-5-10-13(14)12-8-7-9-12/h5-6,10-12,18H,3-4,7-9H2,1-2H3. The molecule has 1 fully saturated rings. The molecular formula is C16H22O2.